The van der Waals surface area contributed by atoms with E-state index in [-0.39, 0.29) is 11.5 Å². The van der Waals surface area contributed by atoms with Gasteiger partial charge in [-0.3, -0.25) is 4.79 Å². The fraction of sp³-hybridized carbons (Fsp3) is 0.176. The average Bonchev–Trinajstić information content (AvgIpc) is 2.53. The molecule has 1 atom stereocenters. The van der Waals surface area contributed by atoms with Crippen LogP contribution in [0.3, 0.4) is 0 Å². The molecule has 4 nitrogen and oxygen atoms in total. The lowest BCUT2D eigenvalue weighted by molar-refractivity contribution is -0.137. The molecule has 0 radical (unpaired) electrons. The van der Waals surface area contributed by atoms with Crippen molar-refractivity contribution in [3.8, 4) is 11.3 Å². The number of allylic oxidation sites excluding steroid dienone is 2. The first-order valence-electron chi connectivity index (χ1n) is 7.30. The zero-order valence-corrected chi connectivity index (χ0v) is 13.7. The Morgan fingerprint density at radius 2 is 1.88 bits per heavy atom. The Morgan fingerprint density at radius 1 is 1.20 bits per heavy atom. The number of benzene rings is 1. The van der Waals surface area contributed by atoms with Crippen molar-refractivity contribution in [2.75, 3.05) is 0 Å². The number of H-pyrrole nitrogens is 1. The van der Waals surface area contributed by atoms with Crippen molar-refractivity contribution in [2.24, 2.45) is 0 Å². The summed E-state index contributed by atoms with van der Waals surface area (Å²) in [6, 6.07) is 5.69. The van der Waals surface area contributed by atoms with Gasteiger partial charge in [-0.05, 0) is 31.3 Å². The summed E-state index contributed by atoms with van der Waals surface area (Å²) in [6.07, 6.45) is 0.660. The number of nitrogens with one attached hydrogen (secondary N) is 2. The van der Waals surface area contributed by atoms with Crippen LogP contribution in [-0.4, -0.2) is 15.0 Å². The van der Waals surface area contributed by atoms with Gasteiger partial charge < -0.3 is 10.3 Å². The van der Waals surface area contributed by atoms with Crippen LogP contribution in [0.4, 0.5) is 13.2 Å². The van der Waals surface area contributed by atoms with Crippen molar-refractivity contribution in [3.05, 3.63) is 70.4 Å². The molecule has 1 aromatic heterocycles. The van der Waals surface area contributed by atoms with Crippen LogP contribution in [-0.2, 0) is 6.18 Å². The Kier molecular flexibility index (Phi) is 4.20. The summed E-state index contributed by atoms with van der Waals surface area (Å²) in [5.74, 6) is 0.247. The zero-order valence-electron chi connectivity index (χ0n) is 13.0. The molecule has 0 saturated carbocycles. The smallest absolute Gasteiger partial charge is 0.369 e. The number of aromatic amines is 1. The van der Waals surface area contributed by atoms with Gasteiger partial charge in [-0.2, -0.15) is 13.2 Å². The van der Waals surface area contributed by atoms with E-state index >= 15 is 0 Å². The molecule has 1 aromatic carbocycles. The summed E-state index contributed by atoms with van der Waals surface area (Å²) in [5, 5.41) is 2.94. The first-order valence-corrected chi connectivity index (χ1v) is 7.68. The molecule has 3 rings (SSSR count). The van der Waals surface area contributed by atoms with E-state index < -0.39 is 22.3 Å². The minimum absolute atomic E-state index is 0.247. The molecule has 0 bridgehead atoms. The third kappa shape index (κ3) is 3.61. The minimum Gasteiger partial charge on any atom is -0.369 e. The van der Waals surface area contributed by atoms with Crippen molar-refractivity contribution >= 4 is 17.2 Å². The van der Waals surface area contributed by atoms with Gasteiger partial charge in [0.1, 0.15) is 10.8 Å². The number of rotatable bonds is 2. The molecule has 0 aliphatic carbocycles. The van der Waals surface area contributed by atoms with Gasteiger partial charge in [0.2, 0.25) is 0 Å². The summed E-state index contributed by atoms with van der Waals surface area (Å²) >= 11 is 6.38. The average molecular weight is 368 g/mol. The van der Waals surface area contributed by atoms with Crippen LogP contribution in [0.1, 0.15) is 18.3 Å². The molecule has 0 fully saturated rings. The van der Waals surface area contributed by atoms with Crippen LogP contribution in [0.15, 0.2) is 53.5 Å². The molecular weight excluding hydrogens is 355 g/mol. The van der Waals surface area contributed by atoms with Gasteiger partial charge in [-0.15, -0.1) is 0 Å². The standard InChI is InChI=1S/C17H13ClF3N3O/c1-16(18)12(3-2-8-22-16)15-23-13(9-14(25)24-15)10-4-6-11(7-5-10)17(19,20)21/h2-9,22H,1H3,(H,23,24,25). The zero-order chi connectivity index (χ0) is 18.2. The molecule has 2 N–H and O–H groups in total. The van der Waals surface area contributed by atoms with E-state index in [0.717, 1.165) is 12.1 Å². The molecule has 0 amide bonds. The van der Waals surface area contributed by atoms with Crippen LogP contribution in [0.5, 0.6) is 0 Å². The van der Waals surface area contributed by atoms with Gasteiger partial charge in [-0.1, -0.05) is 29.8 Å². The number of hydrogen-bond donors (Lipinski definition) is 2. The van der Waals surface area contributed by atoms with E-state index in [1.165, 1.54) is 18.2 Å². The summed E-state index contributed by atoms with van der Waals surface area (Å²) in [5.41, 5.74) is 0.0104. The topological polar surface area (TPSA) is 57.8 Å². The summed E-state index contributed by atoms with van der Waals surface area (Å²) in [7, 11) is 0. The highest BCUT2D eigenvalue weighted by Gasteiger charge is 2.31. The predicted octanol–water partition coefficient (Wildman–Crippen LogP) is 3.91. The Labute approximate surface area is 146 Å². The minimum atomic E-state index is -4.42. The Hall–Kier alpha value is -2.54. The van der Waals surface area contributed by atoms with E-state index in [1.807, 2.05) is 0 Å². The van der Waals surface area contributed by atoms with Crippen LogP contribution in [0.25, 0.3) is 16.8 Å². The van der Waals surface area contributed by atoms with Crippen LogP contribution in [0, 0.1) is 0 Å². The van der Waals surface area contributed by atoms with E-state index in [2.05, 4.69) is 15.3 Å². The fourth-order valence-corrected chi connectivity index (χ4v) is 2.66. The molecule has 25 heavy (non-hydrogen) atoms. The van der Waals surface area contributed by atoms with Gasteiger partial charge in [0.05, 0.1) is 11.3 Å². The second kappa shape index (κ2) is 6.07. The first kappa shape index (κ1) is 17.3. The van der Waals surface area contributed by atoms with Gasteiger partial charge in [0.15, 0.2) is 0 Å². The second-order valence-electron chi connectivity index (χ2n) is 5.64. The van der Waals surface area contributed by atoms with Gasteiger partial charge in [0, 0.05) is 17.2 Å². The Balaban J connectivity index is 2.05. The van der Waals surface area contributed by atoms with E-state index in [0.29, 0.717) is 11.1 Å². The SMILES string of the molecule is CC1(Cl)NC=CC=C1c1nc(-c2ccc(C(F)(F)F)cc2)cc(=O)[nH]1. The van der Waals surface area contributed by atoms with E-state index in [4.69, 9.17) is 11.6 Å². The van der Waals surface area contributed by atoms with Crippen molar-refractivity contribution in [2.45, 2.75) is 18.1 Å². The lowest BCUT2D eigenvalue weighted by atomic mass is 10.0. The van der Waals surface area contributed by atoms with Crippen molar-refractivity contribution < 1.29 is 13.2 Å². The number of aromatic nitrogens is 2. The monoisotopic (exact) mass is 367 g/mol. The highest BCUT2D eigenvalue weighted by molar-refractivity contribution is 6.29. The molecule has 8 heteroatoms. The maximum atomic E-state index is 12.7. The van der Waals surface area contributed by atoms with Gasteiger partial charge >= 0.3 is 6.18 Å². The number of dihydropyridines is 1. The number of halogens is 4. The maximum Gasteiger partial charge on any atom is 0.416 e. The normalized spacial score (nSPS) is 20.1. The third-order valence-electron chi connectivity index (χ3n) is 3.72. The van der Waals surface area contributed by atoms with Gasteiger partial charge in [-0.25, -0.2) is 4.98 Å². The largest absolute Gasteiger partial charge is 0.416 e. The number of nitrogens with zero attached hydrogens (tertiary/aromatic N) is 1. The molecular formula is C17H13ClF3N3O. The lowest BCUT2D eigenvalue weighted by Crippen LogP contribution is -2.36. The summed E-state index contributed by atoms with van der Waals surface area (Å²) in [4.78, 5) is 18.0. The lowest BCUT2D eigenvalue weighted by Gasteiger charge is -2.27. The first-order chi connectivity index (χ1) is 11.7. The molecule has 1 aliphatic rings. The third-order valence-corrected chi connectivity index (χ3v) is 4.04. The predicted molar refractivity (Wildman–Crippen MR) is 89.8 cm³/mol. The van der Waals surface area contributed by atoms with Crippen LogP contribution < -0.4 is 10.9 Å². The van der Waals surface area contributed by atoms with Crippen LogP contribution in [0.2, 0.25) is 0 Å². The molecule has 2 heterocycles. The Bertz CT molecular complexity index is 912. The molecule has 0 spiro atoms. The molecule has 0 saturated heterocycles. The highest BCUT2D eigenvalue weighted by Crippen LogP contribution is 2.32. The quantitative estimate of drug-likeness (QED) is 0.625. The number of alkyl halides is 4. The van der Waals surface area contributed by atoms with Crippen molar-refractivity contribution in [1.82, 2.24) is 15.3 Å². The Morgan fingerprint density at radius 3 is 2.48 bits per heavy atom. The van der Waals surface area contributed by atoms with E-state index in [9.17, 15) is 18.0 Å². The summed E-state index contributed by atoms with van der Waals surface area (Å²) < 4.78 is 38.0. The van der Waals surface area contributed by atoms with Crippen molar-refractivity contribution in [3.63, 3.8) is 0 Å². The maximum absolute atomic E-state index is 12.7. The highest BCUT2D eigenvalue weighted by atomic mass is 35.5. The van der Waals surface area contributed by atoms with E-state index in [1.54, 1.807) is 25.3 Å². The molecule has 1 aliphatic heterocycles. The summed E-state index contributed by atoms with van der Waals surface area (Å²) in [6.45, 7) is 1.70. The number of hydrogen-bond acceptors (Lipinski definition) is 3. The molecule has 1 unspecified atom stereocenters. The second-order valence-corrected chi connectivity index (χ2v) is 6.40. The van der Waals surface area contributed by atoms with Crippen LogP contribution >= 0.6 is 11.6 Å². The molecule has 2 aromatic rings. The van der Waals surface area contributed by atoms with Crippen molar-refractivity contribution in [1.29, 1.82) is 0 Å². The fourth-order valence-electron chi connectivity index (χ4n) is 2.45. The molecule has 130 valence electrons. The van der Waals surface area contributed by atoms with Gasteiger partial charge in [0.25, 0.3) is 5.56 Å².